The zero-order valence-electron chi connectivity index (χ0n) is 16.5. The molecular formula is C26H26F2. The third-order valence-corrected chi connectivity index (χ3v) is 5.03. The highest BCUT2D eigenvalue weighted by atomic mass is 19.1. The van der Waals surface area contributed by atoms with Gasteiger partial charge in [0.15, 0.2) is 0 Å². The van der Waals surface area contributed by atoms with Crippen LogP contribution in [0.4, 0.5) is 8.78 Å². The van der Waals surface area contributed by atoms with Crippen LogP contribution in [0.1, 0.15) is 54.0 Å². The van der Waals surface area contributed by atoms with E-state index in [-0.39, 0.29) is 11.6 Å². The van der Waals surface area contributed by atoms with Gasteiger partial charge in [0.1, 0.15) is 11.6 Å². The van der Waals surface area contributed by atoms with Crippen LogP contribution in [0.2, 0.25) is 0 Å². The van der Waals surface area contributed by atoms with Crippen molar-refractivity contribution >= 4 is 12.2 Å². The lowest BCUT2D eigenvalue weighted by Crippen LogP contribution is -1.99. The molecule has 144 valence electrons. The smallest absolute Gasteiger partial charge is 0.130 e. The van der Waals surface area contributed by atoms with Gasteiger partial charge in [-0.1, -0.05) is 87.0 Å². The van der Waals surface area contributed by atoms with Crippen LogP contribution < -0.4 is 0 Å². The van der Waals surface area contributed by atoms with Gasteiger partial charge in [0.2, 0.25) is 0 Å². The van der Waals surface area contributed by atoms with Crippen LogP contribution in [0.25, 0.3) is 12.2 Å². The lowest BCUT2D eigenvalue weighted by molar-refractivity contribution is 0.607. The van der Waals surface area contributed by atoms with Gasteiger partial charge in [-0.25, -0.2) is 8.78 Å². The predicted octanol–water partition coefficient (Wildman–Crippen LogP) is 7.43. The number of rotatable bonds is 7. The first-order valence-corrected chi connectivity index (χ1v) is 9.86. The monoisotopic (exact) mass is 376 g/mol. The number of halogens is 2. The van der Waals surface area contributed by atoms with E-state index in [1.807, 2.05) is 43.3 Å². The highest BCUT2D eigenvalue weighted by Crippen LogP contribution is 2.22. The van der Waals surface area contributed by atoms with E-state index in [0.717, 1.165) is 36.0 Å². The van der Waals surface area contributed by atoms with Crippen molar-refractivity contribution in [1.82, 2.24) is 0 Å². The Kier molecular flexibility index (Phi) is 6.76. The Morgan fingerprint density at radius 1 is 0.857 bits per heavy atom. The van der Waals surface area contributed by atoms with Crippen LogP contribution in [-0.2, 0) is 12.8 Å². The van der Waals surface area contributed by atoms with Crippen LogP contribution in [0.5, 0.6) is 0 Å². The van der Waals surface area contributed by atoms with Crippen molar-refractivity contribution in [1.29, 1.82) is 0 Å². The number of benzene rings is 3. The molecule has 0 aliphatic carbocycles. The van der Waals surface area contributed by atoms with Crippen molar-refractivity contribution in [2.45, 2.75) is 39.0 Å². The SMILES string of the molecule is CCCc1ccc(C=Cc2ccc(C[C@@H](C)c3ccccc3)cc2F)cc1F. The maximum atomic E-state index is 14.5. The first-order valence-electron chi connectivity index (χ1n) is 9.86. The molecule has 0 saturated heterocycles. The van der Waals surface area contributed by atoms with Crippen LogP contribution in [0.15, 0.2) is 66.7 Å². The molecule has 0 heterocycles. The number of aryl methyl sites for hydroxylation is 1. The Balaban J connectivity index is 1.70. The van der Waals surface area contributed by atoms with Crippen LogP contribution >= 0.6 is 0 Å². The maximum Gasteiger partial charge on any atom is 0.130 e. The molecule has 2 heteroatoms. The Labute approximate surface area is 166 Å². The van der Waals surface area contributed by atoms with Gasteiger partial charge >= 0.3 is 0 Å². The molecule has 0 aromatic heterocycles. The van der Waals surface area contributed by atoms with Crippen molar-refractivity contribution in [3.05, 3.63) is 106 Å². The molecule has 0 aliphatic rings. The van der Waals surface area contributed by atoms with Gasteiger partial charge in [-0.05, 0) is 53.1 Å². The van der Waals surface area contributed by atoms with Crippen LogP contribution in [0.3, 0.4) is 0 Å². The second-order valence-electron chi connectivity index (χ2n) is 7.31. The first-order chi connectivity index (χ1) is 13.6. The molecule has 0 aliphatic heterocycles. The van der Waals surface area contributed by atoms with E-state index in [4.69, 9.17) is 0 Å². The molecule has 0 nitrogen and oxygen atoms in total. The molecule has 0 fully saturated rings. The summed E-state index contributed by atoms with van der Waals surface area (Å²) in [5.41, 5.74) is 4.19. The average molecular weight is 376 g/mol. The molecule has 0 spiro atoms. The summed E-state index contributed by atoms with van der Waals surface area (Å²) in [5.74, 6) is -0.126. The fourth-order valence-electron chi connectivity index (χ4n) is 3.41. The standard InChI is InChI=1S/C26H26F2/c1-3-7-23-13-10-20(17-25(23)27)11-14-24-15-12-21(18-26(24)28)16-19(2)22-8-5-4-6-9-22/h4-6,8-15,17-19H,3,7,16H2,1-2H3/t19-/m1/s1. The van der Waals surface area contributed by atoms with Gasteiger partial charge in [0.25, 0.3) is 0 Å². The summed E-state index contributed by atoms with van der Waals surface area (Å²) >= 11 is 0. The lowest BCUT2D eigenvalue weighted by atomic mass is 9.93. The van der Waals surface area contributed by atoms with Crippen molar-refractivity contribution in [3.8, 4) is 0 Å². The molecule has 0 amide bonds. The average Bonchev–Trinajstić information content (AvgIpc) is 2.70. The predicted molar refractivity (Wildman–Crippen MR) is 114 cm³/mol. The van der Waals surface area contributed by atoms with Crippen molar-refractivity contribution < 1.29 is 8.78 Å². The molecule has 3 rings (SSSR count). The number of hydrogen-bond acceptors (Lipinski definition) is 0. The Morgan fingerprint density at radius 2 is 1.64 bits per heavy atom. The fraction of sp³-hybridized carbons (Fsp3) is 0.231. The Bertz CT molecular complexity index is 942. The van der Waals surface area contributed by atoms with Crippen molar-refractivity contribution in [2.75, 3.05) is 0 Å². The van der Waals surface area contributed by atoms with Crippen LogP contribution in [-0.4, -0.2) is 0 Å². The van der Waals surface area contributed by atoms with E-state index < -0.39 is 0 Å². The summed E-state index contributed by atoms with van der Waals surface area (Å²) in [6.45, 7) is 4.18. The quantitative estimate of drug-likeness (QED) is 0.376. The topological polar surface area (TPSA) is 0 Å². The molecule has 0 unspecified atom stereocenters. The summed E-state index contributed by atoms with van der Waals surface area (Å²) in [6.07, 6.45) is 5.88. The third kappa shape index (κ3) is 5.16. The van der Waals surface area contributed by atoms with E-state index in [0.29, 0.717) is 11.5 Å². The Morgan fingerprint density at radius 3 is 2.32 bits per heavy atom. The van der Waals surface area contributed by atoms with E-state index in [1.165, 1.54) is 11.6 Å². The summed E-state index contributed by atoms with van der Waals surface area (Å²) in [6, 6.07) is 20.8. The molecule has 0 saturated carbocycles. The minimum atomic E-state index is -0.253. The van der Waals surface area contributed by atoms with Gasteiger partial charge in [-0.2, -0.15) is 0 Å². The van der Waals surface area contributed by atoms with Crippen molar-refractivity contribution in [3.63, 3.8) is 0 Å². The summed E-state index contributed by atoms with van der Waals surface area (Å²) in [4.78, 5) is 0. The highest BCUT2D eigenvalue weighted by Gasteiger charge is 2.08. The molecular weight excluding hydrogens is 350 g/mol. The second kappa shape index (κ2) is 9.45. The molecule has 1 atom stereocenters. The van der Waals surface area contributed by atoms with Gasteiger partial charge < -0.3 is 0 Å². The molecule has 3 aromatic carbocycles. The van der Waals surface area contributed by atoms with E-state index >= 15 is 0 Å². The first kappa shape index (κ1) is 20.0. The zero-order valence-corrected chi connectivity index (χ0v) is 16.5. The fourth-order valence-corrected chi connectivity index (χ4v) is 3.41. The highest BCUT2D eigenvalue weighted by molar-refractivity contribution is 5.70. The van der Waals surface area contributed by atoms with Crippen molar-refractivity contribution in [2.24, 2.45) is 0 Å². The molecule has 0 bridgehead atoms. The minimum absolute atomic E-state index is 0.199. The summed E-state index contributed by atoms with van der Waals surface area (Å²) < 4.78 is 28.6. The molecule has 0 radical (unpaired) electrons. The largest absolute Gasteiger partial charge is 0.207 e. The van der Waals surface area contributed by atoms with Gasteiger partial charge in [-0.3, -0.25) is 0 Å². The molecule has 3 aromatic rings. The normalized spacial score (nSPS) is 12.4. The third-order valence-electron chi connectivity index (χ3n) is 5.03. The Hall–Kier alpha value is -2.74. The zero-order chi connectivity index (χ0) is 19.9. The maximum absolute atomic E-state index is 14.5. The van der Waals surface area contributed by atoms with E-state index in [9.17, 15) is 8.78 Å². The summed E-state index contributed by atoms with van der Waals surface area (Å²) in [7, 11) is 0. The van der Waals surface area contributed by atoms with Gasteiger partial charge in [0.05, 0.1) is 0 Å². The minimum Gasteiger partial charge on any atom is -0.207 e. The van der Waals surface area contributed by atoms with Crippen LogP contribution in [0, 0.1) is 11.6 Å². The van der Waals surface area contributed by atoms with Gasteiger partial charge in [-0.15, -0.1) is 0 Å². The molecule has 0 N–H and O–H groups in total. The van der Waals surface area contributed by atoms with E-state index in [1.54, 1.807) is 24.3 Å². The second-order valence-corrected chi connectivity index (χ2v) is 7.31. The summed E-state index contributed by atoms with van der Waals surface area (Å²) in [5, 5.41) is 0. The van der Waals surface area contributed by atoms with E-state index in [2.05, 4.69) is 19.1 Å². The van der Waals surface area contributed by atoms with Gasteiger partial charge in [0, 0.05) is 5.56 Å². The molecule has 28 heavy (non-hydrogen) atoms. The number of hydrogen-bond donors (Lipinski definition) is 0. The lowest BCUT2D eigenvalue weighted by Gasteiger charge is -2.12.